The van der Waals surface area contributed by atoms with Crippen molar-refractivity contribution < 1.29 is 8.81 Å². The number of nitrogens with one attached hydrogen (secondary N) is 2. The van der Waals surface area contributed by atoms with Gasteiger partial charge in [-0.25, -0.2) is 19.2 Å². The highest BCUT2D eigenvalue weighted by Gasteiger charge is 2.42. The summed E-state index contributed by atoms with van der Waals surface area (Å²) in [4.78, 5) is 12.6. The second-order valence-electron chi connectivity index (χ2n) is 9.26. The van der Waals surface area contributed by atoms with Gasteiger partial charge in [0.15, 0.2) is 17.3 Å². The first-order valence-corrected chi connectivity index (χ1v) is 11.8. The van der Waals surface area contributed by atoms with Crippen molar-refractivity contribution in [1.29, 1.82) is 0 Å². The molecule has 2 N–H and O–H groups in total. The fourth-order valence-electron chi connectivity index (χ4n) is 5.79. The van der Waals surface area contributed by atoms with Gasteiger partial charge in [-0.1, -0.05) is 18.5 Å². The van der Waals surface area contributed by atoms with Crippen molar-refractivity contribution in [2.75, 3.05) is 5.32 Å². The molecule has 0 amide bonds. The third kappa shape index (κ3) is 3.26. The molecule has 2 atom stereocenters. The van der Waals surface area contributed by atoms with Gasteiger partial charge in [0.05, 0.1) is 34.8 Å². The van der Waals surface area contributed by atoms with E-state index in [0.29, 0.717) is 39.5 Å². The van der Waals surface area contributed by atoms with E-state index >= 15 is 4.39 Å². The monoisotopic (exact) mass is 476 g/mol. The Bertz CT molecular complexity index is 1420. The van der Waals surface area contributed by atoms with E-state index in [1.54, 1.807) is 18.2 Å². The maximum Gasteiger partial charge on any atom is 0.228 e. The zero-order chi connectivity index (χ0) is 23.4. The van der Waals surface area contributed by atoms with E-state index in [9.17, 15) is 0 Å². The molecular weight excluding hydrogens is 455 g/mol. The second-order valence-corrected chi connectivity index (χ2v) is 9.70. The molecule has 0 aromatic carbocycles. The number of fused-ring (bicyclic) bond motifs is 4. The highest BCUT2D eigenvalue weighted by Crippen LogP contribution is 2.48. The van der Waals surface area contributed by atoms with E-state index in [1.165, 1.54) is 25.3 Å². The van der Waals surface area contributed by atoms with Gasteiger partial charge in [0.25, 0.3) is 0 Å². The number of pyridine rings is 2. The van der Waals surface area contributed by atoms with Crippen LogP contribution >= 0.6 is 11.6 Å². The van der Waals surface area contributed by atoms with Crippen LogP contribution < -0.4 is 5.32 Å². The molecule has 3 fully saturated rings. The van der Waals surface area contributed by atoms with E-state index in [4.69, 9.17) is 22.6 Å². The molecule has 0 radical (unpaired) electrons. The fourth-order valence-corrected chi connectivity index (χ4v) is 5.95. The van der Waals surface area contributed by atoms with Crippen LogP contribution in [0.1, 0.15) is 32.6 Å². The number of H-pyrrole nitrogens is 1. The summed E-state index contributed by atoms with van der Waals surface area (Å²) in [6.45, 7) is 10.1. The molecule has 2 unspecified atom stereocenters. The molecule has 4 aromatic rings. The van der Waals surface area contributed by atoms with Gasteiger partial charge in [-0.2, -0.15) is 5.10 Å². The zero-order valence-electron chi connectivity index (χ0n) is 18.5. The zero-order valence-corrected chi connectivity index (χ0v) is 19.2. The number of furan rings is 1. The predicted molar refractivity (Wildman–Crippen MR) is 128 cm³/mol. The second kappa shape index (κ2) is 8.10. The van der Waals surface area contributed by atoms with Gasteiger partial charge in [-0.15, -0.1) is 0 Å². The van der Waals surface area contributed by atoms with Crippen molar-refractivity contribution in [2.24, 2.45) is 17.8 Å². The molecule has 9 heteroatoms. The van der Waals surface area contributed by atoms with Crippen molar-refractivity contribution in [2.45, 2.75) is 38.6 Å². The summed E-state index contributed by atoms with van der Waals surface area (Å²) < 4.78 is 21.6. The molecule has 3 aliphatic carbocycles. The van der Waals surface area contributed by atoms with Gasteiger partial charge in [0.2, 0.25) is 5.69 Å². The largest absolute Gasteiger partial charge is 0.466 e. The lowest BCUT2D eigenvalue weighted by molar-refractivity contribution is 0.0926. The van der Waals surface area contributed by atoms with Crippen molar-refractivity contribution in [3.05, 3.63) is 52.9 Å². The number of anilines is 1. The first-order chi connectivity index (χ1) is 16.5. The number of rotatable bonds is 4. The van der Waals surface area contributed by atoms with Gasteiger partial charge < -0.3 is 9.73 Å². The molecule has 0 spiro atoms. The summed E-state index contributed by atoms with van der Waals surface area (Å²) in [5, 5.41) is 11.6. The summed E-state index contributed by atoms with van der Waals surface area (Å²) in [5.74, 6) is 1.35. The Morgan fingerprint density at radius 3 is 2.76 bits per heavy atom. The Morgan fingerprint density at radius 1 is 1.26 bits per heavy atom. The number of hydrogen-bond donors (Lipinski definition) is 2. The van der Waals surface area contributed by atoms with Crippen LogP contribution in [0.15, 0.2) is 35.1 Å². The molecule has 4 heterocycles. The van der Waals surface area contributed by atoms with Gasteiger partial charge in [-0.05, 0) is 61.6 Å². The van der Waals surface area contributed by atoms with Crippen LogP contribution in [-0.2, 0) is 0 Å². The molecule has 34 heavy (non-hydrogen) atoms. The maximum absolute atomic E-state index is 16.0. The summed E-state index contributed by atoms with van der Waals surface area (Å²) >= 11 is 6.19. The van der Waals surface area contributed by atoms with Crippen molar-refractivity contribution in [1.82, 2.24) is 20.2 Å². The van der Waals surface area contributed by atoms with E-state index in [1.807, 2.05) is 0 Å². The molecule has 7 rings (SSSR count). The summed E-state index contributed by atoms with van der Waals surface area (Å²) in [5.41, 5.74) is 1.31. The van der Waals surface area contributed by atoms with Gasteiger partial charge >= 0.3 is 0 Å². The average Bonchev–Trinajstić information content (AvgIpc) is 3.52. The SMILES string of the molecule is [C-]#[N+]c1c(-c2[nH]nc3ncc(Cl)cc23)nc(NC2C3CCC(CC3)C2C)c(F)c1-c1ccco1. The summed E-state index contributed by atoms with van der Waals surface area (Å²) in [6, 6.07) is 5.16. The Balaban J connectivity index is 1.56. The fraction of sp³-hybridized carbons (Fsp3) is 0.360. The summed E-state index contributed by atoms with van der Waals surface area (Å²) in [7, 11) is 0. The van der Waals surface area contributed by atoms with Gasteiger partial charge in [-0.3, -0.25) is 5.10 Å². The standard InChI is InChI=1S/C25H22ClFN6O/c1-12-13-5-7-14(8-6-13)20(12)30-25-19(27)18(17-4-3-9-34-17)22(28-2)23(31-25)21-16-10-15(26)11-29-24(16)33-32-21/h3-4,9-14,20H,5-8H2,1H3,(H,30,31)(H,29,32,33). The Kier molecular flexibility index (Phi) is 5.03. The predicted octanol–water partition coefficient (Wildman–Crippen LogP) is 6.86. The number of aromatic nitrogens is 4. The molecule has 7 nitrogen and oxygen atoms in total. The Labute approximate surface area is 200 Å². The normalized spacial score (nSPS) is 23.8. The maximum atomic E-state index is 16.0. The first-order valence-electron chi connectivity index (χ1n) is 11.5. The highest BCUT2D eigenvalue weighted by molar-refractivity contribution is 6.31. The number of hydrogen-bond acceptors (Lipinski definition) is 5. The van der Waals surface area contributed by atoms with Crippen LogP contribution in [0.25, 0.3) is 38.6 Å². The topological polar surface area (TPSA) is 84.0 Å². The molecule has 2 bridgehead atoms. The lowest BCUT2D eigenvalue weighted by Crippen LogP contribution is -2.47. The van der Waals surface area contributed by atoms with E-state index < -0.39 is 5.82 Å². The Morgan fingerprint density at radius 2 is 2.06 bits per heavy atom. The molecule has 3 saturated carbocycles. The number of aromatic amines is 1. The van der Waals surface area contributed by atoms with Gasteiger partial charge in [0, 0.05) is 17.6 Å². The molecule has 3 aliphatic rings. The molecular formula is C25H22ClFN6O. The highest BCUT2D eigenvalue weighted by atomic mass is 35.5. The van der Waals surface area contributed by atoms with Crippen molar-refractivity contribution >= 4 is 34.1 Å². The van der Waals surface area contributed by atoms with E-state index in [0.717, 1.165) is 12.8 Å². The lowest BCUT2D eigenvalue weighted by Gasteiger charge is -2.47. The van der Waals surface area contributed by atoms with Crippen LogP contribution in [0, 0.1) is 30.1 Å². The first kappa shape index (κ1) is 21.1. The third-order valence-corrected chi connectivity index (χ3v) is 7.75. The Hall–Kier alpha value is -3.44. The molecule has 0 saturated heterocycles. The van der Waals surface area contributed by atoms with E-state index in [-0.39, 0.29) is 34.6 Å². The van der Waals surface area contributed by atoms with Crippen molar-refractivity contribution in [3.8, 4) is 22.7 Å². The number of nitrogens with zero attached hydrogens (tertiary/aromatic N) is 4. The molecule has 172 valence electrons. The minimum Gasteiger partial charge on any atom is -0.466 e. The molecule has 4 aromatic heterocycles. The summed E-state index contributed by atoms with van der Waals surface area (Å²) in [6.07, 6.45) is 7.71. The van der Waals surface area contributed by atoms with Crippen LogP contribution in [0.4, 0.5) is 15.9 Å². The van der Waals surface area contributed by atoms with Crippen molar-refractivity contribution in [3.63, 3.8) is 0 Å². The van der Waals surface area contributed by atoms with Gasteiger partial charge in [0.1, 0.15) is 5.76 Å². The minimum absolute atomic E-state index is 0.0433. The minimum atomic E-state index is -0.585. The lowest BCUT2D eigenvalue weighted by atomic mass is 9.62. The van der Waals surface area contributed by atoms with Crippen LogP contribution in [0.5, 0.6) is 0 Å². The van der Waals surface area contributed by atoms with E-state index in [2.05, 4.69) is 37.3 Å². The average molecular weight is 477 g/mol. The number of halogens is 2. The third-order valence-electron chi connectivity index (χ3n) is 7.54. The van der Waals surface area contributed by atoms with Crippen LogP contribution in [0.2, 0.25) is 5.02 Å². The smallest absolute Gasteiger partial charge is 0.228 e. The molecule has 0 aliphatic heterocycles. The van der Waals surface area contributed by atoms with Crippen LogP contribution in [-0.4, -0.2) is 26.2 Å². The quantitative estimate of drug-likeness (QED) is 0.314. The van der Waals surface area contributed by atoms with Crippen LogP contribution in [0.3, 0.4) is 0 Å².